The van der Waals surface area contributed by atoms with Gasteiger partial charge in [-0.1, -0.05) is 0 Å². The molecule has 14 heteroatoms. The molecule has 0 radical (unpaired) electrons. The third-order valence-corrected chi connectivity index (χ3v) is 4.77. The fourth-order valence-corrected chi connectivity index (χ4v) is 2.95. The van der Waals surface area contributed by atoms with E-state index in [0.717, 1.165) is 12.3 Å². The van der Waals surface area contributed by atoms with Crippen LogP contribution in [0.4, 0.5) is 14.7 Å². The van der Waals surface area contributed by atoms with Gasteiger partial charge in [-0.25, -0.2) is 18.7 Å². The van der Waals surface area contributed by atoms with Crippen LogP contribution in [0.3, 0.4) is 0 Å². The van der Waals surface area contributed by atoms with E-state index in [1.165, 1.54) is 43.0 Å². The molecule has 0 unspecified atom stereocenters. The number of quaternary nitrogens is 1. The highest BCUT2D eigenvalue weighted by atomic mass is 19.1. The van der Waals surface area contributed by atoms with Gasteiger partial charge in [0.05, 0.1) is 45.4 Å². The normalized spacial score (nSPS) is 11.1. The first-order valence-electron chi connectivity index (χ1n) is 10.7. The van der Waals surface area contributed by atoms with E-state index < -0.39 is 18.2 Å². The number of aromatic nitrogens is 2. The van der Waals surface area contributed by atoms with Gasteiger partial charge in [-0.15, -0.1) is 0 Å². The van der Waals surface area contributed by atoms with Crippen LogP contribution in [0.15, 0.2) is 30.4 Å². The second-order valence-corrected chi connectivity index (χ2v) is 7.08. The Labute approximate surface area is 206 Å². The van der Waals surface area contributed by atoms with Crippen molar-refractivity contribution in [3.63, 3.8) is 0 Å². The molecule has 0 aliphatic carbocycles. The second kappa shape index (κ2) is 14.5. The molecule has 0 fully saturated rings. The van der Waals surface area contributed by atoms with E-state index in [9.17, 15) is 13.6 Å². The van der Waals surface area contributed by atoms with Crippen LogP contribution in [-0.2, 0) is 11.4 Å². The first kappa shape index (κ1) is 28.4. The number of allylic oxidation sites excluding steroid dienone is 1. The highest BCUT2D eigenvalue weighted by Crippen LogP contribution is 2.31. The Balaban J connectivity index is 1.98. The molecule has 1 amide bonds. The Kier molecular flexibility index (Phi) is 11.4. The maximum atomic E-state index is 14.5. The van der Waals surface area contributed by atoms with Crippen LogP contribution in [0, 0.1) is 17.0 Å². The number of nitrogens with one attached hydrogen (secondary N) is 2. The SMILES string of the molecule is COc1cc(OC)c(F)c(COc2cnc(N/C(C=N)=C/[NH2+]CC(=O)N(CCO)CCO)nc2)c1F. The fourth-order valence-electron chi connectivity index (χ4n) is 2.95. The Morgan fingerprint density at radius 2 is 1.72 bits per heavy atom. The van der Waals surface area contributed by atoms with Crippen LogP contribution in [-0.4, -0.2) is 84.3 Å². The minimum absolute atomic E-state index is 0.00513. The zero-order valence-corrected chi connectivity index (χ0v) is 19.8. The lowest BCUT2D eigenvalue weighted by molar-refractivity contribution is -0.577. The van der Waals surface area contributed by atoms with Crippen molar-refractivity contribution in [2.24, 2.45) is 0 Å². The minimum atomic E-state index is -0.915. The van der Waals surface area contributed by atoms with Gasteiger partial charge in [0.2, 0.25) is 5.95 Å². The van der Waals surface area contributed by atoms with Crippen LogP contribution in [0.25, 0.3) is 0 Å². The molecular formula is C22H29F2N6O6+. The average Bonchev–Trinajstić information content (AvgIpc) is 2.88. The van der Waals surface area contributed by atoms with E-state index in [1.54, 1.807) is 0 Å². The van der Waals surface area contributed by atoms with Crippen LogP contribution >= 0.6 is 0 Å². The van der Waals surface area contributed by atoms with Gasteiger partial charge in [0.25, 0.3) is 5.91 Å². The monoisotopic (exact) mass is 511 g/mol. The van der Waals surface area contributed by atoms with Crippen molar-refractivity contribution in [1.29, 1.82) is 5.41 Å². The molecule has 1 heterocycles. The Morgan fingerprint density at radius 1 is 1.14 bits per heavy atom. The number of hydrogen-bond donors (Lipinski definition) is 5. The molecule has 0 atom stereocenters. The molecule has 12 nitrogen and oxygen atoms in total. The van der Waals surface area contributed by atoms with Crippen molar-refractivity contribution in [2.75, 3.05) is 52.4 Å². The van der Waals surface area contributed by atoms with Crippen LogP contribution < -0.4 is 24.8 Å². The maximum absolute atomic E-state index is 14.5. The Hall–Kier alpha value is -3.88. The Morgan fingerprint density at radius 3 is 2.22 bits per heavy atom. The predicted molar refractivity (Wildman–Crippen MR) is 124 cm³/mol. The van der Waals surface area contributed by atoms with Crippen LogP contribution in [0.5, 0.6) is 17.2 Å². The summed E-state index contributed by atoms with van der Waals surface area (Å²) in [6, 6.07) is 1.10. The fraction of sp³-hybridized carbons (Fsp3) is 0.364. The number of hydrogen-bond acceptors (Lipinski definition) is 10. The quantitative estimate of drug-likeness (QED) is 0.201. The maximum Gasteiger partial charge on any atom is 0.278 e. The lowest BCUT2D eigenvalue weighted by atomic mass is 10.1. The van der Waals surface area contributed by atoms with E-state index in [0.29, 0.717) is 0 Å². The molecule has 36 heavy (non-hydrogen) atoms. The third-order valence-electron chi connectivity index (χ3n) is 4.77. The van der Waals surface area contributed by atoms with Gasteiger partial charge in [0.15, 0.2) is 35.4 Å². The number of anilines is 1. The number of nitrogens with two attached hydrogens (primary N) is 1. The zero-order valence-electron chi connectivity index (χ0n) is 19.8. The zero-order chi connectivity index (χ0) is 26.5. The molecule has 1 aromatic heterocycles. The largest absolute Gasteiger partial charge is 0.494 e. The average molecular weight is 512 g/mol. The number of methoxy groups -OCH3 is 2. The minimum Gasteiger partial charge on any atom is -0.494 e. The number of ether oxygens (including phenoxy) is 3. The van der Waals surface area contributed by atoms with Crippen molar-refractivity contribution in [1.82, 2.24) is 14.9 Å². The number of benzene rings is 1. The number of carbonyl (C=O) groups is 1. The summed E-state index contributed by atoms with van der Waals surface area (Å²) < 4.78 is 44.1. The van der Waals surface area contributed by atoms with Crippen LogP contribution in [0.2, 0.25) is 0 Å². The third kappa shape index (κ3) is 7.83. The molecule has 0 saturated carbocycles. The van der Waals surface area contributed by atoms with E-state index in [2.05, 4.69) is 15.3 Å². The van der Waals surface area contributed by atoms with Crippen molar-refractivity contribution in [3.05, 3.63) is 47.6 Å². The smallest absolute Gasteiger partial charge is 0.278 e. The first-order valence-corrected chi connectivity index (χ1v) is 10.7. The lowest BCUT2D eigenvalue weighted by Gasteiger charge is -2.19. The summed E-state index contributed by atoms with van der Waals surface area (Å²) >= 11 is 0. The predicted octanol–water partition coefficient (Wildman–Crippen LogP) is -0.370. The van der Waals surface area contributed by atoms with Crippen molar-refractivity contribution in [3.8, 4) is 17.2 Å². The molecule has 2 rings (SSSR count). The van der Waals surface area contributed by atoms with Gasteiger partial charge in [-0.05, 0) is 0 Å². The molecule has 2 aromatic rings. The van der Waals surface area contributed by atoms with E-state index >= 15 is 0 Å². The van der Waals surface area contributed by atoms with Gasteiger partial charge in [-0.2, -0.15) is 0 Å². The number of aliphatic hydroxyl groups excluding tert-OH is 2. The number of nitrogens with zero attached hydrogens (tertiary/aromatic N) is 3. The highest BCUT2D eigenvalue weighted by molar-refractivity contribution is 5.79. The van der Waals surface area contributed by atoms with Gasteiger partial charge >= 0.3 is 0 Å². The molecule has 0 aliphatic rings. The molecule has 0 bridgehead atoms. The Bertz CT molecular complexity index is 1020. The summed E-state index contributed by atoms with van der Waals surface area (Å²) in [4.78, 5) is 21.5. The summed E-state index contributed by atoms with van der Waals surface area (Å²) in [5, 5.41) is 29.8. The van der Waals surface area contributed by atoms with E-state index in [1.807, 2.05) is 0 Å². The number of carbonyl (C=O) groups excluding carboxylic acids is 1. The van der Waals surface area contributed by atoms with Gasteiger partial charge in [-0.3, -0.25) is 4.79 Å². The molecular weight excluding hydrogens is 482 g/mol. The second-order valence-electron chi connectivity index (χ2n) is 7.08. The molecule has 196 valence electrons. The summed E-state index contributed by atoms with van der Waals surface area (Å²) in [7, 11) is 2.49. The molecule has 0 aliphatic heterocycles. The van der Waals surface area contributed by atoms with Crippen molar-refractivity contribution >= 4 is 18.1 Å². The summed E-state index contributed by atoms with van der Waals surface area (Å²) in [5.41, 5.74) is -0.107. The first-order chi connectivity index (χ1) is 17.4. The van der Waals surface area contributed by atoms with Crippen molar-refractivity contribution in [2.45, 2.75) is 6.61 Å². The van der Waals surface area contributed by atoms with E-state index in [-0.39, 0.29) is 73.2 Å². The molecule has 0 saturated heterocycles. The lowest BCUT2D eigenvalue weighted by Crippen LogP contribution is -2.81. The molecule has 6 N–H and O–H groups in total. The molecule has 1 aromatic carbocycles. The molecule has 0 spiro atoms. The number of aliphatic hydroxyl groups is 2. The standard InChI is InChI=1S/C22H28F2N6O6/c1-34-17-7-18(35-2)21(24)16(20(17)23)13-36-15-10-27-22(28-11-15)29-14(8-25)9-26-12-19(33)30(3-5-31)4-6-32/h7-11,25-26,31-32H,3-6,12-13H2,1-2H3,(H,27,28,29)/p+1/b14-9+,25-8?. The summed E-state index contributed by atoms with van der Waals surface area (Å²) in [6.07, 6.45) is 5.03. The van der Waals surface area contributed by atoms with Gasteiger partial charge in [0.1, 0.15) is 18.5 Å². The van der Waals surface area contributed by atoms with Gasteiger partial charge in [0, 0.05) is 25.4 Å². The van der Waals surface area contributed by atoms with Crippen LogP contribution in [0.1, 0.15) is 5.56 Å². The van der Waals surface area contributed by atoms with E-state index in [4.69, 9.17) is 29.8 Å². The number of amides is 1. The van der Waals surface area contributed by atoms with Gasteiger partial charge < -0.3 is 45.4 Å². The summed E-state index contributed by atoms with van der Waals surface area (Å²) in [6.45, 7) is -0.694. The highest BCUT2D eigenvalue weighted by Gasteiger charge is 2.20. The topological polar surface area (TPSA) is 167 Å². The summed E-state index contributed by atoms with van der Waals surface area (Å²) in [5.74, 6) is -2.27. The number of rotatable bonds is 15. The van der Waals surface area contributed by atoms with Crippen molar-refractivity contribution < 1.29 is 43.3 Å². The number of halogens is 2.